The summed E-state index contributed by atoms with van der Waals surface area (Å²) in [4.78, 5) is 23.4. The Morgan fingerprint density at radius 3 is 2.75 bits per heavy atom. The quantitative estimate of drug-likeness (QED) is 0.798. The molecule has 0 unspecified atom stereocenters. The molecule has 0 radical (unpaired) electrons. The predicted molar refractivity (Wildman–Crippen MR) is 64.4 cm³/mol. The number of anilines is 2. The van der Waals surface area contributed by atoms with E-state index in [0.717, 1.165) is 19.2 Å². The number of benzene rings is 1. The molecule has 9 heteroatoms. The smallest absolute Gasteiger partial charge is 0.340 e. The Balaban J connectivity index is 2.32. The lowest BCUT2D eigenvalue weighted by molar-refractivity contribution is 0.0601. The topological polar surface area (TPSA) is 120 Å². The van der Waals surface area contributed by atoms with Gasteiger partial charge in [-0.25, -0.2) is 13.8 Å². The highest BCUT2D eigenvalue weighted by molar-refractivity contribution is 6.08. The maximum Gasteiger partial charge on any atom is 0.340 e. The maximum atomic E-state index is 13.1. The van der Waals surface area contributed by atoms with Crippen molar-refractivity contribution in [3.05, 3.63) is 35.3 Å². The molecule has 0 atom stereocenters. The first-order chi connectivity index (χ1) is 9.52. The van der Waals surface area contributed by atoms with Gasteiger partial charge in [0.2, 0.25) is 11.5 Å². The minimum Gasteiger partial charge on any atom is -0.465 e. The molecule has 0 bridgehead atoms. The standard InChI is InChI=1S/C11H9FN4O4/c1-19-11(18)6-4-5(12)2-3-7(6)14-10(17)8-9(13)16-20-15-8/h2-4H,1H3,(H2,13,16)(H,14,17). The Bertz CT molecular complexity index is 670. The molecule has 2 rings (SSSR count). The van der Waals surface area contributed by atoms with Crippen molar-refractivity contribution in [2.24, 2.45) is 0 Å². The predicted octanol–water partition coefficient (Wildman–Crippen LogP) is 0.830. The molecule has 1 aromatic carbocycles. The number of methoxy groups -OCH3 is 1. The molecule has 0 aliphatic heterocycles. The molecule has 3 N–H and O–H groups in total. The number of hydrogen-bond acceptors (Lipinski definition) is 7. The summed E-state index contributed by atoms with van der Waals surface area (Å²) in [6.07, 6.45) is 0. The Labute approximate surface area is 111 Å². The molecule has 0 fully saturated rings. The summed E-state index contributed by atoms with van der Waals surface area (Å²) in [7, 11) is 1.14. The molecule has 2 aromatic rings. The third kappa shape index (κ3) is 2.55. The van der Waals surface area contributed by atoms with Crippen molar-refractivity contribution in [1.82, 2.24) is 10.3 Å². The largest absolute Gasteiger partial charge is 0.465 e. The van der Waals surface area contributed by atoms with E-state index in [1.54, 1.807) is 0 Å². The fourth-order valence-corrected chi connectivity index (χ4v) is 1.44. The normalized spacial score (nSPS) is 10.1. The van der Waals surface area contributed by atoms with Crippen LogP contribution in [0.5, 0.6) is 0 Å². The number of esters is 1. The van der Waals surface area contributed by atoms with Crippen LogP contribution in [0.15, 0.2) is 22.8 Å². The summed E-state index contributed by atoms with van der Waals surface area (Å²) in [6, 6.07) is 3.22. The second kappa shape index (κ2) is 5.34. The number of halogens is 1. The van der Waals surface area contributed by atoms with E-state index >= 15 is 0 Å². The first kappa shape index (κ1) is 13.5. The number of rotatable bonds is 3. The van der Waals surface area contributed by atoms with Crippen LogP contribution < -0.4 is 11.1 Å². The van der Waals surface area contributed by atoms with Gasteiger partial charge >= 0.3 is 5.97 Å². The molecule has 1 aromatic heterocycles. The summed E-state index contributed by atoms with van der Waals surface area (Å²) in [5.74, 6) is -2.40. The lowest BCUT2D eigenvalue weighted by Gasteiger charge is -2.08. The van der Waals surface area contributed by atoms with Gasteiger partial charge in [0.25, 0.3) is 5.91 Å². The SMILES string of the molecule is COC(=O)c1cc(F)ccc1NC(=O)c1nonc1N. The second-order valence-corrected chi connectivity index (χ2v) is 3.63. The molecular weight excluding hydrogens is 271 g/mol. The zero-order chi connectivity index (χ0) is 14.7. The number of amides is 1. The van der Waals surface area contributed by atoms with E-state index in [1.165, 1.54) is 6.07 Å². The van der Waals surface area contributed by atoms with E-state index < -0.39 is 17.7 Å². The molecule has 0 aliphatic rings. The van der Waals surface area contributed by atoms with Gasteiger partial charge in [0, 0.05) is 0 Å². The number of hydrogen-bond donors (Lipinski definition) is 2. The highest BCUT2D eigenvalue weighted by Gasteiger charge is 2.20. The van der Waals surface area contributed by atoms with Gasteiger partial charge in [0.15, 0.2) is 0 Å². The zero-order valence-corrected chi connectivity index (χ0v) is 10.2. The number of nitrogens with two attached hydrogens (primary N) is 1. The molecule has 20 heavy (non-hydrogen) atoms. The Kier molecular flexibility index (Phi) is 3.60. The summed E-state index contributed by atoms with van der Waals surface area (Å²) in [5.41, 5.74) is 5.02. The van der Waals surface area contributed by atoms with Crippen LogP contribution in [0, 0.1) is 5.82 Å². The van der Waals surface area contributed by atoms with Crippen LogP contribution in [0.4, 0.5) is 15.9 Å². The highest BCUT2D eigenvalue weighted by atomic mass is 19.1. The van der Waals surface area contributed by atoms with Crippen LogP contribution in [0.25, 0.3) is 0 Å². The molecule has 8 nitrogen and oxygen atoms in total. The molecule has 0 spiro atoms. The number of nitrogen functional groups attached to an aromatic ring is 1. The van der Waals surface area contributed by atoms with E-state index in [1.807, 2.05) is 0 Å². The van der Waals surface area contributed by atoms with E-state index in [4.69, 9.17) is 5.73 Å². The third-order valence-electron chi connectivity index (χ3n) is 2.36. The number of aromatic nitrogens is 2. The fraction of sp³-hybridized carbons (Fsp3) is 0.0909. The third-order valence-corrected chi connectivity index (χ3v) is 2.36. The number of carbonyl (C=O) groups excluding carboxylic acids is 2. The van der Waals surface area contributed by atoms with Gasteiger partial charge in [-0.2, -0.15) is 0 Å². The first-order valence-corrected chi connectivity index (χ1v) is 5.30. The molecule has 104 valence electrons. The zero-order valence-electron chi connectivity index (χ0n) is 10.2. The number of ether oxygens (including phenoxy) is 1. The van der Waals surface area contributed by atoms with Gasteiger partial charge in [-0.15, -0.1) is 0 Å². The Morgan fingerprint density at radius 2 is 2.15 bits per heavy atom. The van der Waals surface area contributed by atoms with Crippen LogP contribution in [0.2, 0.25) is 0 Å². The molecule has 1 heterocycles. The monoisotopic (exact) mass is 280 g/mol. The number of carbonyl (C=O) groups is 2. The molecule has 0 aliphatic carbocycles. The van der Waals surface area contributed by atoms with Gasteiger partial charge < -0.3 is 15.8 Å². The van der Waals surface area contributed by atoms with Crippen molar-refractivity contribution >= 4 is 23.4 Å². The van der Waals surface area contributed by atoms with Crippen molar-refractivity contribution in [1.29, 1.82) is 0 Å². The van der Waals surface area contributed by atoms with Gasteiger partial charge in [-0.3, -0.25) is 4.79 Å². The van der Waals surface area contributed by atoms with E-state index in [0.29, 0.717) is 0 Å². The van der Waals surface area contributed by atoms with Crippen molar-refractivity contribution in [2.75, 3.05) is 18.2 Å². The molecule has 0 saturated heterocycles. The van der Waals surface area contributed by atoms with Crippen LogP contribution in [-0.2, 0) is 4.74 Å². The van der Waals surface area contributed by atoms with Gasteiger partial charge in [0.05, 0.1) is 18.4 Å². The molecule has 1 amide bonds. The van der Waals surface area contributed by atoms with Crippen molar-refractivity contribution in [2.45, 2.75) is 0 Å². The summed E-state index contributed by atoms with van der Waals surface area (Å²) in [6.45, 7) is 0. The van der Waals surface area contributed by atoms with Crippen molar-refractivity contribution in [3.8, 4) is 0 Å². The maximum absolute atomic E-state index is 13.1. The summed E-state index contributed by atoms with van der Waals surface area (Å²) >= 11 is 0. The Morgan fingerprint density at radius 1 is 1.40 bits per heavy atom. The number of nitrogens with zero attached hydrogens (tertiary/aromatic N) is 2. The van der Waals surface area contributed by atoms with Gasteiger partial charge in [-0.05, 0) is 28.5 Å². The van der Waals surface area contributed by atoms with E-state index in [2.05, 4.69) is 25.0 Å². The minimum atomic E-state index is -0.800. The summed E-state index contributed by atoms with van der Waals surface area (Å²) < 4.78 is 21.9. The molecular formula is C11H9FN4O4. The number of nitrogens with one attached hydrogen (secondary N) is 1. The van der Waals surface area contributed by atoms with Crippen LogP contribution in [0.3, 0.4) is 0 Å². The van der Waals surface area contributed by atoms with E-state index in [9.17, 15) is 14.0 Å². The van der Waals surface area contributed by atoms with Crippen LogP contribution >= 0.6 is 0 Å². The molecule has 0 saturated carbocycles. The fourth-order valence-electron chi connectivity index (χ4n) is 1.44. The summed E-state index contributed by atoms with van der Waals surface area (Å²) in [5, 5.41) is 8.90. The minimum absolute atomic E-state index is 0.0469. The van der Waals surface area contributed by atoms with Gasteiger partial charge in [0.1, 0.15) is 5.82 Å². The highest BCUT2D eigenvalue weighted by Crippen LogP contribution is 2.19. The average molecular weight is 280 g/mol. The second-order valence-electron chi connectivity index (χ2n) is 3.63. The Hall–Kier alpha value is -2.97. The lowest BCUT2D eigenvalue weighted by atomic mass is 10.1. The van der Waals surface area contributed by atoms with Crippen LogP contribution in [0.1, 0.15) is 20.8 Å². The first-order valence-electron chi connectivity index (χ1n) is 5.30. The van der Waals surface area contributed by atoms with E-state index in [-0.39, 0.29) is 22.8 Å². The average Bonchev–Trinajstić information content (AvgIpc) is 2.86. The van der Waals surface area contributed by atoms with Crippen molar-refractivity contribution < 1.29 is 23.3 Å². The van der Waals surface area contributed by atoms with Gasteiger partial charge in [-0.1, -0.05) is 0 Å². The van der Waals surface area contributed by atoms with Crippen LogP contribution in [-0.4, -0.2) is 29.3 Å². The lowest BCUT2D eigenvalue weighted by Crippen LogP contribution is -2.17. The van der Waals surface area contributed by atoms with Crippen molar-refractivity contribution in [3.63, 3.8) is 0 Å².